The van der Waals surface area contributed by atoms with E-state index in [9.17, 15) is 4.79 Å². The van der Waals surface area contributed by atoms with E-state index in [1.807, 2.05) is 33.0 Å². The van der Waals surface area contributed by atoms with Gasteiger partial charge in [-0.25, -0.2) is 0 Å². The number of rotatable bonds is 3. The van der Waals surface area contributed by atoms with E-state index in [0.717, 1.165) is 9.21 Å². The second-order valence-electron chi connectivity index (χ2n) is 3.55. The van der Waals surface area contributed by atoms with Crippen molar-refractivity contribution in [1.82, 2.24) is 4.90 Å². The van der Waals surface area contributed by atoms with Gasteiger partial charge in [0.25, 0.3) is 0 Å². The van der Waals surface area contributed by atoms with Gasteiger partial charge in [0.15, 0.2) is 0 Å². The second-order valence-corrected chi connectivity index (χ2v) is 5.35. The molecule has 0 fully saturated rings. The highest BCUT2D eigenvalue weighted by Gasteiger charge is 2.13. The first-order valence-corrected chi connectivity index (χ1v) is 5.69. The molecule has 4 heteroatoms. The molecule has 1 rings (SSSR count). The summed E-state index contributed by atoms with van der Waals surface area (Å²) in [7, 11) is 1.82. The number of carbonyl (C=O) groups excluding carboxylic acids is 1. The van der Waals surface area contributed by atoms with Crippen LogP contribution in [0.3, 0.4) is 0 Å². The lowest BCUT2D eigenvalue weighted by Gasteiger charge is -2.18. The Morgan fingerprint density at radius 3 is 2.64 bits per heavy atom. The molecule has 1 aromatic rings. The summed E-state index contributed by atoms with van der Waals surface area (Å²) in [5, 5.41) is 0. The van der Waals surface area contributed by atoms with Crippen LogP contribution in [0, 0.1) is 5.92 Å². The minimum atomic E-state index is 0.0513. The number of nitrogens with zero attached hydrogens (tertiary/aromatic N) is 1. The molecule has 0 aliphatic carbocycles. The zero-order valence-corrected chi connectivity index (χ0v) is 10.2. The summed E-state index contributed by atoms with van der Waals surface area (Å²) in [5.41, 5.74) is 0. The van der Waals surface area contributed by atoms with E-state index in [2.05, 4.69) is 0 Å². The fourth-order valence-corrected chi connectivity index (χ4v) is 2.33. The van der Waals surface area contributed by atoms with E-state index in [-0.39, 0.29) is 11.8 Å². The summed E-state index contributed by atoms with van der Waals surface area (Å²) in [5.74, 6) is 0.213. The smallest absolute Gasteiger partial charge is 0.225 e. The first-order chi connectivity index (χ1) is 6.50. The summed E-state index contributed by atoms with van der Waals surface area (Å²) in [6.07, 6.45) is 0. The van der Waals surface area contributed by atoms with Crippen LogP contribution in [0.1, 0.15) is 18.7 Å². The normalized spacial score (nSPS) is 10.6. The summed E-state index contributed by atoms with van der Waals surface area (Å²) in [6.45, 7) is 4.45. The Hall–Kier alpha value is -0.540. The van der Waals surface area contributed by atoms with Crippen LogP contribution in [-0.2, 0) is 11.3 Å². The maximum Gasteiger partial charge on any atom is 0.225 e. The van der Waals surface area contributed by atoms with E-state index in [1.54, 1.807) is 4.90 Å². The molecule has 2 nitrogen and oxygen atoms in total. The molecule has 78 valence electrons. The molecular formula is C10H14ClNOS. The lowest BCUT2D eigenvalue weighted by molar-refractivity contribution is -0.133. The van der Waals surface area contributed by atoms with Gasteiger partial charge in [-0.3, -0.25) is 4.79 Å². The van der Waals surface area contributed by atoms with Crippen LogP contribution in [-0.4, -0.2) is 17.9 Å². The zero-order chi connectivity index (χ0) is 10.7. The molecule has 0 saturated carbocycles. The van der Waals surface area contributed by atoms with Crippen molar-refractivity contribution in [3.05, 3.63) is 21.3 Å². The number of hydrogen-bond acceptors (Lipinski definition) is 2. The van der Waals surface area contributed by atoms with Crippen molar-refractivity contribution < 1.29 is 4.79 Å². The highest BCUT2D eigenvalue weighted by Crippen LogP contribution is 2.22. The number of carbonyl (C=O) groups is 1. The second kappa shape index (κ2) is 4.80. The van der Waals surface area contributed by atoms with Gasteiger partial charge in [-0.1, -0.05) is 25.4 Å². The van der Waals surface area contributed by atoms with Gasteiger partial charge in [0.1, 0.15) is 0 Å². The SMILES string of the molecule is CC(C)C(=O)N(C)Cc1ccc(Cl)s1. The average Bonchev–Trinajstić information content (AvgIpc) is 2.49. The minimum Gasteiger partial charge on any atom is -0.340 e. The predicted octanol–water partition coefficient (Wildman–Crippen LogP) is 3.02. The fraction of sp³-hybridized carbons (Fsp3) is 0.500. The van der Waals surface area contributed by atoms with Gasteiger partial charge in [0.2, 0.25) is 5.91 Å². The minimum absolute atomic E-state index is 0.0513. The number of halogens is 1. The molecule has 0 aliphatic heterocycles. The Kier molecular flexibility index (Phi) is 3.96. The molecule has 14 heavy (non-hydrogen) atoms. The molecule has 0 aliphatic rings. The van der Waals surface area contributed by atoms with Crippen LogP contribution >= 0.6 is 22.9 Å². The van der Waals surface area contributed by atoms with E-state index in [4.69, 9.17) is 11.6 Å². The molecule has 0 N–H and O–H groups in total. The number of amides is 1. The topological polar surface area (TPSA) is 20.3 Å². The van der Waals surface area contributed by atoms with Gasteiger partial charge < -0.3 is 4.90 Å². The Labute approximate surface area is 93.5 Å². The summed E-state index contributed by atoms with van der Waals surface area (Å²) < 4.78 is 0.769. The lowest BCUT2D eigenvalue weighted by Crippen LogP contribution is -2.29. The van der Waals surface area contributed by atoms with Crippen molar-refractivity contribution in [3.63, 3.8) is 0 Å². The van der Waals surface area contributed by atoms with Crippen molar-refractivity contribution in [2.75, 3.05) is 7.05 Å². The van der Waals surface area contributed by atoms with E-state index in [1.165, 1.54) is 11.3 Å². The van der Waals surface area contributed by atoms with Crippen LogP contribution in [0.2, 0.25) is 4.34 Å². The Bertz CT molecular complexity index is 322. The van der Waals surface area contributed by atoms with Crippen LogP contribution < -0.4 is 0 Å². The van der Waals surface area contributed by atoms with Gasteiger partial charge in [-0.15, -0.1) is 11.3 Å². The van der Waals surface area contributed by atoms with Crippen LogP contribution in [0.5, 0.6) is 0 Å². The zero-order valence-electron chi connectivity index (χ0n) is 8.58. The first-order valence-electron chi connectivity index (χ1n) is 4.50. The highest BCUT2D eigenvalue weighted by molar-refractivity contribution is 7.16. The molecule has 0 aromatic carbocycles. The van der Waals surface area contributed by atoms with E-state index < -0.39 is 0 Å². The monoisotopic (exact) mass is 231 g/mol. The number of hydrogen-bond donors (Lipinski definition) is 0. The van der Waals surface area contributed by atoms with Crippen LogP contribution in [0.15, 0.2) is 12.1 Å². The first kappa shape index (κ1) is 11.5. The Morgan fingerprint density at radius 2 is 2.21 bits per heavy atom. The van der Waals surface area contributed by atoms with Gasteiger partial charge in [-0.2, -0.15) is 0 Å². The third-order valence-corrected chi connectivity index (χ3v) is 3.11. The Balaban J connectivity index is 2.57. The molecular weight excluding hydrogens is 218 g/mol. The maximum atomic E-state index is 11.6. The molecule has 1 aromatic heterocycles. The van der Waals surface area contributed by atoms with Crippen LogP contribution in [0.4, 0.5) is 0 Å². The molecule has 0 bridgehead atoms. The highest BCUT2D eigenvalue weighted by atomic mass is 35.5. The third kappa shape index (κ3) is 3.00. The van der Waals surface area contributed by atoms with Crippen molar-refractivity contribution in [2.24, 2.45) is 5.92 Å². The summed E-state index contributed by atoms with van der Waals surface area (Å²) in [6, 6.07) is 3.81. The summed E-state index contributed by atoms with van der Waals surface area (Å²) >= 11 is 7.32. The molecule has 0 unspecified atom stereocenters. The molecule has 1 heterocycles. The van der Waals surface area contributed by atoms with Crippen molar-refractivity contribution in [2.45, 2.75) is 20.4 Å². The van der Waals surface area contributed by atoms with Gasteiger partial charge in [0.05, 0.1) is 10.9 Å². The van der Waals surface area contributed by atoms with Gasteiger partial charge >= 0.3 is 0 Å². The Morgan fingerprint density at radius 1 is 1.57 bits per heavy atom. The predicted molar refractivity (Wildman–Crippen MR) is 60.6 cm³/mol. The molecule has 1 amide bonds. The van der Waals surface area contributed by atoms with Crippen LogP contribution in [0.25, 0.3) is 0 Å². The summed E-state index contributed by atoms with van der Waals surface area (Å²) in [4.78, 5) is 14.4. The standard InChI is InChI=1S/C10H14ClNOS/c1-7(2)10(13)12(3)6-8-4-5-9(11)14-8/h4-5,7H,6H2,1-3H3. The largest absolute Gasteiger partial charge is 0.340 e. The third-order valence-electron chi connectivity index (χ3n) is 1.89. The van der Waals surface area contributed by atoms with Crippen molar-refractivity contribution in [3.8, 4) is 0 Å². The quantitative estimate of drug-likeness (QED) is 0.783. The van der Waals surface area contributed by atoms with Crippen molar-refractivity contribution in [1.29, 1.82) is 0 Å². The van der Waals surface area contributed by atoms with Gasteiger partial charge in [-0.05, 0) is 12.1 Å². The van der Waals surface area contributed by atoms with Crippen molar-refractivity contribution >= 4 is 28.8 Å². The van der Waals surface area contributed by atoms with E-state index >= 15 is 0 Å². The van der Waals surface area contributed by atoms with E-state index in [0.29, 0.717) is 6.54 Å². The lowest BCUT2D eigenvalue weighted by atomic mass is 10.2. The molecule has 0 saturated heterocycles. The van der Waals surface area contributed by atoms with Gasteiger partial charge in [0, 0.05) is 17.8 Å². The fourth-order valence-electron chi connectivity index (χ4n) is 1.19. The molecule has 0 atom stereocenters. The maximum absolute atomic E-state index is 11.6. The number of thiophene rings is 1. The molecule has 0 radical (unpaired) electrons. The molecule has 0 spiro atoms. The average molecular weight is 232 g/mol.